The van der Waals surface area contributed by atoms with E-state index in [9.17, 15) is 18.0 Å². The summed E-state index contributed by atoms with van der Waals surface area (Å²) in [6.45, 7) is 2.78. The highest BCUT2D eigenvalue weighted by Gasteiger charge is 2.31. The lowest BCUT2D eigenvalue weighted by Gasteiger charge is -2.16. The molecule has 3 rings (SSSR count). The van der Waals surface area contributed by atoms with Crippen molar-refractivity contribution in [2.45, 2.75) is 19.6 Å². The third kappa shape index (κ3) is 4.76. The predicted octanol–water partition coefficient (Wildman–Crippen LogP) is 2.31. The van der Waals surface area contributed by atoms with Crippen molar-refractivity contribution in [1.29, 1.82) is 0 Å². The summed E-state index contributed by atoms with van der Waals surface area (Å²) >= 11 is 1.62. The summed E-state index contributed by atoms with van der Waals surface area (Å²) in [5, 5.41) is 8.52. The van der Waals surface area contributed by atoms with Crippen LogP contribution in [0.2, 0.25) is 0 Å². The number of hydrogen-bond donors (Lipinski definition) is 2. The number of amides is 1. The van der Waals surface area contributed by atoms with Crippen LogP contribution in [-0.2, 0) is 17.5 Å². The number of thiophene rings is 1. The number of halogens is 3. The van der Waals surface area contributed by atoms with E-state index in [4.69, 9.17) is 0 Å². The molecule has 0 aliphatic rings. The zero-order valence-corrected chi connectivity index (χ0v) is 16.1. The van der Waals surface area contributed by atoms with E-state index in [2.05, 4.69) is 15.4 Å². The summed E-state index contributed by atoms with van der Waals surface area (Å²) in [7, 11) is 1.86. The SMILES string of the molecule is Cc1ccsc1C[NH+](C)CC(=O)Nc1cc(C(F)(F)F)ccc1-n1cncn1. The van der Waals surface area contributed by atoms with Crippen LogP contribution in [0, 0.1) is 6.92 Å². The Morgan fingerprint density at radius 1 is 1.32 bits per heavy atom. The zero-order chi connectivity index (χ0) is 20.3. The van der Waals surface area contributed by atoms with Gasteiger partial charge in [0.15, 0.2) is 6.54 Å². The molecule has 0 aliphatic heterocycles. The second-order valence-electron chi connectivity index (χ2n) is 6.46. The number of quaternary nitrogens is 1. The van der Waals surface area contributed by atoms with Crippen molar-refractivity contribution in [3.63, 3.8) is 0 Å². The second kappa shape index (κ2) is 8.11. The summed E-state index contributed by atoms with van der Waals surface area (Å²) in [5.74, 6) is -0.382. The van der Waals surface area contributed by atoms with Crippen molar-refractivity contribution in [3.8, 4) is 5.69 Å². The summed E-state index contributed by atoms with van der Waals surface area (Å²) < 4.78 is 40.6. The van der Waals surface area contributed by atoms with Crippen LogP contribution in [0.15, 0.2) is 42.3 Å². The summed E-state index contributed by atoms with van der Waals surface area (Å²) in [6, 6.07) is 5.14. The molecule has 2 aromatic heterocycles. The highest BCUT2D eigenvalue weighted by molar-refractivity contribution is 7.10. The maximum Gasteiger partial charge on any atom is 0.416 e. The van der Waals surface area contributed by atoms with Gasteiger partial charge >= 0.3 is 6.18 Å². The van der Waals surface area contributed by atoms with Gasteiger partial charge in [-0.2, -0.15) is 18.3 Å². The fourth-order valence-electron chi connectivity index (χ4n) is 2.74. The molecule has 2 heterocycles. The van der Waals surface area contributed by atoms with Gasteiger partial charge in [-0.3, -0.25) is 4.79 Å². The molecule has 1 unspecified atom stereocenters. The lowest BCUT2D eigenvalue weighted by atomic mass is 10.1. The number of carbonyl (C=O) groups excluding carboxylic acids is 1. The minimum absolute atomic E-state index is 0.0328. The fraction of sp³-hybridized carbons (Fsp3) is 0.278. The van der Waals surface area contributed by atoms with Crippen LogP contribution in [0.5, 0.6) is 0 Å². The Balaban J connectivity index is 1.77. The number of rotatable bonds is 6. The fourth-order valence-corrected chi connectivity index (χ4v) is 3.76. The Hall–Kier alpha value is -2.72. The van der Waals surface area contributed by atoms with E-state index in [1.165, 1.54) is 28.3 Å². The second-order valence-corrected chi connectivity index (χ2v) is 7.46. The molecule has 0 bridgehead atoms. The van der Waals surface area contributed by atoms with Crippen LogP contribution in [0.3, 0.4) is 0 Å². The van der Waals surface area contributed by atoms with E-state index < -0.39 is 11.7 Å². The molecule has 1 amide bonds. The molecular weight excluding hydrogens is 391 g/mol. The smallest absolute Gasteiger partial charge is 0.325 e. The van der Waals surface area contributed by atoms with E-state index in [1.807, 2.05) is 25.4 Å². The summed E-state index contributed by atoms with van der Waals surface area (Å²) in [4.78, 5) is 18.4. The molecule has 1 atom stereocenters. The van der Waals surface area contributed by atoms with E-state index in [-0.39, 0.29) is 18.1 Å². The molecule has 1 aromatic carbocycles. The molecule has 0 radical (unpaired) electrons. The molecule has 28 heavy (non-hydrogen) atoms. The number of aromatic nitrogens is 3. The molecule has 6 nitrogen and oxygen atoms in total. The van der Waals surface area contributed by atoms with Crippen LogP contribution < -0.4 is 10.2 Å². The molecule has 0 spiro atoms. The van der Waals surface area contributed by atoms with E-state index in [1.54, 1.807) is 11.3 Å². The van der Waals surface area contributed by atoms with Gasteiger partial charge < -0.3 is 10.2 Å². The molecule has 0 aliphatic carbocycles. The maximum absolute atomic E-state index is 13.1. The number of nitrogens with one attached hydrogen (secondary N) is 2. The van der Waals surface area contributed by atoms with Crippen molar-refractivity contribution in [2.24, 2.45) is 0 Å². The number of carbonyl (C=O) groups is 1. The molecular formula is C18H19F3N5OS+. The monoisotopic (exact) mass is 410 g/mol. The van der Waals surface area contributed by atoms with Crippen molar-refractivity contribution in [3.05, 3.63) is 58.3 Å². The number of nitrogens with zero attached hydrogens (tertiary/aromatic N) is 3. The van der Waals surface area contributed by atoms with Crippen molar-refractivity contribution < 1.29 is 22.9 Å². The number of likely N-dealkylation sites (N-methyl/N-ethyl adjacent to an activating group) is 1. The Morgan fingerprint density at radius 3 is 2.71 bits per heavy atom. The summed E-state index contributed by atoms with van der Waals surface area (Å²) in [5.41, 5.74) is 0.661. The number of alkyl halides is 3. The molecule has 0 saturated heterocycles. The molecule has 10 heteroatoms. The molecule has 0 saturated carbocycles. The molecule has 3 aromatic rings. The third-order valence-electron chi connectivity index (χ3n) is 4.16. The molecule has 148 valence electrons. The van der Waals surface area contributed by atoms with E-state index in [0.29, 0.717) is 12.2 Å². The van der Waals surface area contributed by atoms with Crippen LogP contribution >= 0.6 is 11.3 Å². The normalized spacial score (nSPS) is 12.8. The third-order valence-corrected chi connectivity index (χ3v) is 5.18. The van der Waals surface area contributed by atoms with E-state index >= 15 is 0 Å². The van der Waals surface area contributed by atoms with Gasteiger partial charge in [0, 0.05) is 0 Å². The highest BCUT2D eigenvalue weighted by atomic mass is 32.1. The van der Waals surface area contributed by atoms with Crippen LogP contribution in [-0.4, -0.2) is 34.3 Å². The van der Waals surface area contributed by atoms with Crippen LogP contribution in [0.1, 0.15) is 16.0 Å². The zero-order valence-electron chi connectivity index (χ0n) is 15.2. The average Bonchev–Trinajstić information content (AvgIpc) is 3.26. The lowest BCUT2D eigenvalue weighted by molar-refractivity contribution is -0.884. The van der Waals surface area contributed by atoms with Crippen LogP contribution in [0.4, 0.5) is 18.9 Å². The first-order chi connectivity index (χ1) is 13.2. The summed E-state index contributed by atoms with van der Waals surface area (Å²) in [6.07, 6.45) is -1.89. The number of aryl methyl sites for hydroxylation is 1. The van der Waals surface area contributed by atoms with E-state index in [0.717, 1.165) is 22.6 Å². The van der Waals surface area contributed by atoms with Gasteiger partial charge in [0.05, 0.1) is 28.9 Å². The van der Waals surface area contributed by atoms with Crippen molar-refractivity contribution in [1.82, 2.24) is 14.8 Å². The number of hydrogen-bond acceptors (Lipinski definition) is 4. The van der Waals surface area contributed by atoms with Gasteiger partial charge in [-0.1, -0.05) is 0 Å². The van der Waals surface area contributed by atoms with Gasteiger partial charge in [0.25, 0.3) is 5.91 Å². The Kier molecular flexibility index (Phi) is 5.80. The standard InChI is InChI=1S/C18H18F3N5OS/c1-12-5-6-28-16(12)8-25(2)9-17(27)24-14-7-13(18(19,20)21)3-4-15(14)26-11-22-10-23-26/h3-7,10-11H,8-9H2,1-2H3,(H,24,27)/p+1. The predicted molar refractivity (Wildman–Crippen MR) is 99.5 cm³/mol. The number of benzene rings is 1. The largest absolute Gasteiger partial charge is 0.416 e. The Bertz CT molecular complexity index is 953. The minimum atomic E-state index is -4.51. The minimum Gasteiger partial charge on any atom is -0.325 e. The molecule has 0 fully saturated rings. The Labute approximate surface area is 163 Å². The quantitative estimate of drug-likeness (QED) is 0.656. The van der Waals surface area contributed by atoms with Gasteiger partial charge in [-0.15, -0.1) is 11.3 Å². The van der Waals surface area contributed by atoms with Gasteiger partial charge in [0.2, 0.25) is 0 Å². The topological polar surface area (TPSA) is 64.2 Å². The molecule has 2 N–H and O–H groups in total. The Morgan fingerprint density at radius 2 is 2.11 bits per heavy atom. The maximum atomic E-state index is 13.1. The number of anilines is 1. The van der Waals surface area contributed by atoms with Crippen molar-refractivity contribution >= 4 is 22.9 Å². The van der Waals surface area contributed by atoms with Gasteiger partial charge in [0.1, 0.15) is 19.2 Å². The highest BCUT2D eigenvalue weighted by Crippen LogP contribution is 2.33. The van der Waals surface area contributed by atoms with Gasteiger partial charge in [-0.25, -0.2) is 9.67 Å². The first kappa shape index (κ1) is 20.0. The first-order valence-corrected chi connectivity index (χ1v) is 9.32. The van der Waals surface area contributed by atoms with Crippen LogP contribution in [0.25, 0.3) is 5.69 Å². The van der Waals surface area contributed by atoms with Crippen molar-refractivity contribution in [2.75, 3.05) is 18.9 Å². The average molecular weight is 410 g/mol. The first-order valence-electron chi connectivity index (χ1n) is 8.44. The van der Waals surface area contributed by atoms with Gasteiger partial charge in [-0.05, 0) is 42.1 Å². The lowest BCUT2D eigenvalue weighted by Crippen LogP contribution is -3.08.